The molecule has 0 unspecified atom stereocenters. The van der Waals surface area contributed by atoms with Gasteiger partial charge >= 0.3 is 0 Å². The van der Waals surface area contributed by atoms with Crippen LogP contribution in [-0.4, -0.2) is 6.71 Å². The van der Waals surface area contributed by atoms with Crippen molar-refractivity contribution in [1.82, 2.24) is 0 Å². The normalized spacial score (nSPS) is 10.1. The third kappa shape index (κ3) is 7.43. The Balaban J connectivity index is 1.66. The summed E-state index contributed by atoms with van der Waals surface area (Å²) in [6.45, 7) is 13.2. The fourth-order valence-corrected chi connectivity index (χ4v) is 6.99. The van der Waals surface area contributed by atoms with Gasteiger partial charge in [-0.1, -0.05) is 110 Å². The van der Waals surface area contributed by atoms with Gasteiger partial charge in [0.05, 0.1) is 0 Å². The summed E-state index contributed by atoms with van der Waals surface area (Å²) in [5.41, 5.74) is 15.7. The van der Waals surface area contributed by atoms with Crippen molar-refractivity contribution in [2.24, 2.45) is 0 Å². The van der Waals surface area contributed by atoms with Crippen molar-refractivity contribution in [1.29, 1.82) is 21.0 Å². The minimum absolute atomic E-state index is 0.0376. The van der Waals surface area contributed by atoms with Crippen LogP contribution in [0.1, 0.15) is 44.5 Å². The maximum Gasteiger partial charge on any atom is 0.242 e. The van der Waals surface area contributed by atoms with Crippen molar-refractivity contribution in [2.75, 3.05) is 4.90 Å². The average molecular weight is 646 g/mol. The molecule has 6 heteroatoms. The van der Waals surface area contributed by atoms with Crippen LogP contribution in [0.2, 0.25) is 0 Å². The van der Waals surface area contributed by atoms with E-state index in [0.717, 1.165) is 28.2 Å². The molecule has 0 spiro atoms. The van der Waals surface area contributed by atoms with Gasteiger partial charge in [-0.15, -0.1) is 0 Å². The number of anilines is 3. The molecule has 0 aliphatic rings. The molecule has 0 aliphatic heterocycles. The number of nitrogens with zero attached hydrogens (tertiary/aromatic N) is 5. The highest BCUT2D eigenvalue weighted by molar-refractivity contribution is 6.96. The van der Waals surface area contributed by atoms with Crippen LogP contribution in [0.4, 0.5) is 17.1 Å². The lowest BCUT2D eigenvalue weighted by atomic mass is 9.34. The second-order valence-corrected chi connectivity index (χ2v) is 12.7. The quantitative estimate of drug-likeness (QED) is 0.125. The van der Waals surface area contributed by atoms with E-state index in [-0.39, 0.29) is 17.9 Å². The summed E-state index contributed by atoms with van der Waals surface area (Å²) < 4.78 is 0. The lowest BCUT2D eigenvalue weighted by Gasteiger charge is -2.27. The molecule has 0 aliphatic carbocycles. The molecule has 0 heterocycles. The summed E-state index contributed by atoms with van der Waals surface area (Å²) in [6.07, 6.45) is 3.13. The van der Waals surface area contributed by atoms with E-state index >= 15 is 0 Å². The van der Waals surface area contributed by atoms with Crippen molar-refractivity contribution < 1.29 is 0 Å². The second kappa shape index (κ2) is 15.1. The van der Waals surface area contributed by atoms with Crippen molar-refractivity contribution in [3.05, 3.63) is 153 Å². The first-order valence-corrected chi connectivity index (χ1v) is 16.4. The molecule has 5 nitrogen and oxygen atoms in total. The Bertz CT molecular complexity index is 2080. The highest BCUT2D eigenvalue weighted by Gasteiger charge is 2.28. The molecule has 0 N–H and O–H groups in total. The lowest BCUT2D eigenvalue weighted by Crippen LogP contribution is -2.55. The van der Waals surface area contributed by atoms with E-state index in [4.69, 9.17) is 0 Å². The van der Waals surface area contributed by atoms with E-state index in [2.05, 4.69) is 95.0 Å². The molecule has 0 saturated carbocycles. The van der Waals surface area contributed by atoms with Crippen LogP contribution in [0.15, 0.2) is 108 Å². The van der Waals surface area contributed by atoms with Crippen LogP contribution in [0, 0.1) is 86.9 Å². The van der Waals surface area contributed by atoms with Crippen LogP contribution in [0.25, 0.3) is 12.2 Å². The highest BCUT2D eigenvalue weighted by Crippen LogP contribution is 2.35. The van der Waals surface area contributed by atoms with Gasteiger partial charge in [0.2, 0.25) is 6.71 Å². The van der Waals surface area contributed by atoms with Gasteiger partial charge in [0.25, 0.3) is 0 Å². The van der Waals surface area contributed by atoms with E-state index in [1.807, 2.05) is 72.8 Å². The first-order chi connectivity index (χ1) is 24.1. The first kappa shape index (κ1) is 34.7. The Hall–Kier alpha value is -6.60. The molecular formula is C44H36BN5. The fraction of sp³-hybridized carbons (Fsp3) is 0.136. The molecule has 0 saturated heterocycles. The predicted molar refractivity (Wildman–Crippen MR) is 205 cm³/mol. The van der Waals surface area contributed by atoms with Crippen LogP contribution in [0.3, 0.4) is 0 Å². The zero-order valence-corrected chi connectivity index (χ0v) is 29.2. The molecule has 240 valence electrons. The van der Waals surface area contributed by atoms with Crippen molar-refractivity contribution in [3.8, 4) is 24.3 Å². The summed E-state index contributed by atoms with van der Waals surface area (Å²) >= 11 is 0. The number of allylic oxidation sites excluding steroid dienone is 2. The van der Waals surface area contributed by atoms with Crippen LogP contribution in [-0.2, 0) is 0 Å². The molecule has 0 aromatic heterocycles. The Morgan fingerprint density at radius 2 is 0.780 bits per heavy atom. The number of nitriles is 4. The molecular weight excluding hydrogens is 609 g/mol. The smallest absolute Gasteiger partial charge is 0.242 e. The van der Waals surface area contributed by atoms with Gasteiger partial charge in [-0.05, 0) is 101 Å². The number of hydrogen-bond acceptors (Lipinski definition) is 5. The Morgan fingerprint density at radius 1 is 0.480 bits per heavy atom. The number of benzene rings is 5. The molecule has 5 aromatic carbocycles. The van der Waals surface area contributed by atoms with Gasteiger partial charge in [0.1, 0.15) is 35.4 Å². The standard InChI is InChI=1S/C44H36BN5/c1-29-19-31(3)43(32(4)20-29)45(44-33(5)21-30(2)22-34(44)6)39-11-17-42(18-12-39)50(40-13-7-35(8-14-40)23-37(25-46)26-47)41-15-9-36(10-16-41)24-38(27-48)28-49/h7-24H,1-6H3. The molecule has 0 radical (unpaired) electrons. The Labute approximate surface area is 296 Å². The first-order valence-electron chi connectivity index (χ1n) is 16.4. The summed E-state index contributed by atoms with van der Waals surface area (Å²) in [7, 11) is 0. The van der Waals surface area contributed by atoms with Crippen LogP contribution >= 0.6 is 0 Å². The molecule has 0 fully saturated rings. The van der Waals surface area contributed by atoms with E-state index < -0.39 is 0 Å². The van der Waals surface area contributed by atoms with Gasteiger partial charge in [-0.3, -0.25) is 0 Å². The summed E-state index contributed by atoms with van der Waals surface area (Å²) in [6, 6.07) is 40.9. The molecule has 5 aromatic rings. The largest absolute Gasteiger partial charge is 0.311 e. The third-order valence-corrected chi connectivity index (χ3v) is 8.94. The minimum atomic E-state index is 0.0376. The topological polar surface area (TPSA) is 98.4 Å². The lowest BCUT2D eigenvalue weighted by molar-refractivity contribution is 1.28. The van der Waals surface area contributed by atoms with E-state index in [9.17, 15) is 21.0 Å². The number of hydrogen-bond donors (Lipinski definition) is 0. The fourth-order valence-electron chi connectivity index (χ4n) is 6.99. The summed E-state index contributed by atoms with van der Waals surface area (Å²) in [5.74, 6) is 0. The maximum absolute atomic E-state index is 9.24. The Morgan fingerprint density at radius 3 is 1.08 bits per heavy atom. The van der Waals surface area contributed by atoms with Crippen LogP contribution in [0.5, 0.6) is 0 Å². The van der Waals surface area contributed by atoms with E-state index in [1.54, 1.807) is 12.2 Å². The Kier molecular flexibility index (Phi) is 10.5. The van der Waals surface area contributed by atoms with Gasteiger partial charge < -0.3 is 4.90 Å². The third-order valence-electron chi connectivity index (χ3n) is 8.94. The van der Waals surface area contributed by atoms with E-state index in [0.29, 0.717) is 0 Å². The van der Waals surface area contributed by atoms with Crippen molar-refractivity contribution >= 4 is 52.3 Å². The van der Waals surface area contributed by atoms with E-state index in [1.165, 1.54) is 49.8 Å². The zero-order chi connectivity index (χ0) is 35.9. The predicted octanol–water partition coefficient (Wildman–Crippen LogP) is 8.38. The highest BCUT2D eigenvalue weighted by atomic mass is 15.1. The molecule has 0 amide bonds. The molecule has 0 bridgehead atoms. The van der Waals surface area contributed by atoms with Gasteiger partial charge in [-0.2, -0.15) is 21.0 Å². The monoisotopic (exact) mass is 645 g/mol. The zero-order valence-electron chi connectivity index (χ0n) is 29.2. The average Bonchev–Trinajstić information content (AvgIpc) is 3.09. The van der Waals surface area contributed by atoms with Gasteiger partial charge in [0, 0.05) is 17.1 Å². The van der Waals surface area contributed by atoms with Gasteiger partial charge in [-0.25, -0.2) is 0 Å². The van der Waals surface area contributed by atoms with Crippen LogP contribution < -0.4 is 21.3 Å². The molecule has 0 atom stereocenters. The number of aryl methyl sites for hydroxylation is 6. The minimum Gasteiger partial charge on any atom is -0.311 e. The van der Waals surface area contributed by atoms with Crippen molar-refractivity contribution in [3.63, 3.8) is 0 Å². The van der Waals surface area contributed by atoms with Gasteiger partial charge in [0.15, 0.2) is 0 Å². The summed E-state index contributed by atoms with van der Waals surface area (Å²) in [5, 5.41) is 37.0. The summed E-state index contributed by atoms with van der Waals surface area (Å²) in [4.78, 5) is 2.13. The number of rotatable bonds is 8. The maximum atomic E-state index is 9.24. The SMILES string of the molecule is Cc1cc(C)c(B(c2ccc(N(c3ccc(C=C(C#N)C#N)cc3)c3ccc(C=C(C#N)C#N)cc3)cc2)c2c(C)cc(C)cc2C)c(C)c1. The van der Waals surface area contributed by atoms with Crippen molar-refractivity contribution in [2.45, 2.75) is 41.5 Å². The molecule has 50 heavy (non-hydrogen) atoms. The second-order valence-electron chi connectivity index (χ2n) is 12.7. The molecule has 5 rings (SSSR count).